The molecular weight excluding hydrogens is 380 g/mol. The van der Waals surface area contributed by atoms with Gasteiger partial charge in [-0.1, -0.05) is 35.4 Å². The van der Waals surface area contributed by atoms with E-state index in [1.807, 2.05) is 62.4 Å². The van der Waals surface area contributed by atoms with Crippen molar-refractivity contribution in [3.63, 3.8) is 0 Å². The van der Waals surface area contributed by atoms with Crippen molar-refractivity contribution in [1.82, 2.24) is 0 Å². The third-order valence-corrected chi connectivity index (χ3v) is 4.23. The second kappa shape index (κ2) is 10.1. The first-order valence-electron chi connectivity index (χ1n) is 9.57. The van der Waals surface area contributed by atoms with Crippen LogP contribution in [0.1, 0.15) is 11.1 Å². The second-order valence-corrected chi connectivity index (χ2v) is 6.88. The largest absolute Gasteiger partial charge is 0.484 e. The molecule has 2 amide bonds. The number of anilines is 2. The van der Waals surface area contributed by atoms with Gasteiger partial charge in [-0.05, 0) is 62.4 Å². The molecule has 0 atom stereocenters. The average molecular weight is 404 g/mol. The van der Waals surface area contributed by atoms with Gasteiger partial charge in [0.2, 0.25) is 0 Å². The molecule has 0 fully saturated rings. The third kappa shape index (κ3) is 6.67. The van der Waals surface area contributed by atoms with Gasteiger partial charge in [0.15, 0.2) is 13.2 Å². The second-order valence-electron chi connectivity index (χ2n) is 6.88. The van der Waals surface area contributed by atoms with Gasteiger partial charge in [0.25, 0.3) is 11.8 Å². The highest BCUT2D eigenvalue weighted by Gasteiger charge is 2.06. The summed E-state index contributed by atoms with van der Waals surface area (Å²) in [5.41, 5.74) is 3.48. The Morgan fingerprint density at radius 2 is 0.933 bits per heavy atom. The molecule has 0 bridgehead atoms. The van der Waals surface area contributed by atoms with Crippen LogP contribution in [0.2, 0.25) is 0 Å². The molecule has 3 aromatic rings. The molecular formula is C24H24N2O4. The molecule has 0 saturated heterocycles. The molecule has 2 N–H and O–H groups in total. The number of aryl methyl sites for hydroxylation is 2. The normalized spacial score (nSPS) is 10.2. The predicted molar refractivity (Wildman–Crippen MR) is 117 cm³/mol. The number of amides is 2. The van der Waals surface area contributed by atoms with Crippen LogP contribution in [0.4, 0.5) is 11.4 Å². The monoisotopic (exact) mass is 404 g/mol. The number of benzene rings is 3. The summed E-state index contributed by atoms with van der Waals surface area (Å²) in [6.07, 6.45) is 0. The fraction of sp³-hybridized carbons (Fsp3) is 0.167. The highest BCUT2D eigenvalue weighted by Crippen LogP contribution is 2.15. The molecule has 0 unspecified atom stereocenters. The van der Waals surface area contributed by atoms with Crippen LogP contribution in [-0.2, 0) is 9.59 Å². The minimum atomic E-state index is -0.265. The van der Waals surface area contributed by atoms with E-state index in [-0.39, 0.29) is 25.0 Å². The Balaban J connectivity index is 1.42. The zero-order valence-electron chi connectivity index (χ0n) is 17.0. The van der Waals surface area contributed by atoms with Crippen molar-refractivity contribution in [1.29, 1.82) is 0 Å². The van der Waals surface area contributed by atoms with Gasteiger partial charge < -0.3 is 20.1 Å². The molecule has 0 aliphatic heterocycles. The summed E-state index contributed by atoms with van der Waals surface area (Å²) in [7, 11) is 0. The summed E-state index contributed by atoms with van der Waals surface area (Å²) < 4.78 is 10.9. The molecule has 0 spiro atoms. The molecule has 0 radical (unpaired) electrons. The first-order valence-corrected chi connectivity index (χ1v) is 9.57. The predicted octanol–water partition coefficient (Wildman–Crippen LogP) is 4.34. The molecule has 0 aliphatic carbocycles. The number of carbonyl (C=O) groups excluding carboxylic acids is 2. The Labute approximate surface area is 175 Å². The summed E-state index contributed by atoms with van der Waals surface area (Å²) >= 11 is 0. The maximum absolute atomic E-state index is 12.0. The van der Waals surface area contributed by atoms with Gasteiger partial charge in [-0.2, -0.15) is 0 Å². The highest BCUT2D eigenvalue weighted by molar-refractivity contribution is 5.94. The van der Waals surface area contributed by atoms with Crippen LogP contribution in [-0.4, -0.2) is 25.0 Å². The summed E-state index contributed by atoms with van der Waals surface area (Å²) in [5.74, 6) is 0.751. The Kier molecular flexibility index (Phi) is 7.05. The fourth-order valence-corrected chi connectivity index (χ4v) is 2.60. The van der Waals surface area contributed by atoms with Crippen molar-refractivity contribution in [2.75, 3.05) is 23.8 Å². The lowest BCUT2D eigenvalue weighted by molar-refractivity contribution is -0.118. The Hall–Kier alpha value is -3.80. The number of hydrogen-bond donors (Lipinski definition) is 2. The zero-order chi connectivity index (χ0) is 21.3. The van der Waals surface area contributed by atoms with Crippen LogP contribution >= 0.6 is 0 Å². The summed E-state index contributed by atoms with van der Waals surface area (Å²) in [6, 6.07) is 21.8. The van der Waals surface area contributed by atoms with Crippen molar-refractivity contribution in [3.8, 4) is 11.5 Å². The number of nitrogens with one attached hydrogen (secondary N) is 2. The molecule has 3 rings (SSSR count). The SMILES string of the molecule is Cc1ccc(OCC(=O)Nc2ccc(NC(=O)COc3ccc(C)cc3)cc2)cc1. The lowest BCUT2D eigenvalue weighted by Gasteiger charge is -2.10. The third-order valence-electron chi connectivity index (χ3n) is 4.23. The lowest BCUT2D eigenvalue weighted by atomic mass is 10.2. The van der Waals surface area contributed by atoms with Gasteiger partial charge in [0.05, 0.1) is 0 Å². The summed E-state index contributed by atoms with van der Waals surface area (Å²) in [4.78, 5) is 24.1. The van der Waals surface area contributed by atoms with Crippen LogP contribution in [0.25, 0.3) is 0 Å². The maximum atomic E-state index is 12.0. The summed E-state index contributed by atoms with van der Waals surface area (Å²) in [6.45, 7) is 3.80. The molecule has 0 heterocycles. The van der Waals surface area contributed by atoms with E-state index in [1.165, 1.54) is 0 Å². The van der Waals surface area contributed by atoms with Crippen molar-refractivity contribution < 1.29 is 19.1 Å². The van der Waals surface area contributed by atoms with Crippen LogP contribution in [0.5, 0.6) is 11.5 Å². The minimum Gasteiger partial charge on any atom is -0.484 e. The Morgan fingerprint density at radius 3 is 1.27 bits per heavy atom. The van der Waals surface area contributed by atoms with Gasteiger partial charge in [0, 0.05) is 11.4 Å². The van der Waals surface area contributed by atoms with Crippen molar-refractivity contribution >= 4 is 23.2 Å². The van der Waals surface area contributed by atoms with E-state index in [9.17, 15) is 9.59 Å². The van der Waals surface area contributed by atoms with Gasteiger partial charge in [-0.15, -0.1) is 0 Å². The standard InChI is InChI=1S/C24H24N2O4/c1-17-3-11-21(12-4-17)29-15-23(27)25-19-7-9-20(10-8-19)26-24(28)16-30-22-13-5-18(2)6-14-22/h3-14H,15-16H2,1-2H3,(H,25,27)(H,26,28). The van der Waals surface area contributed by atoms with Crippen LogP contribution in [0.15, 0.2) is 72.8 Å². The highest BCUT2D eigenvalue weighted by atomic mass is 16.5. The molecule has 30 heavy (non-hydrogen) atoms. The number of carbonyl (C=O) groups is 2. The average Bonchev–Trinajstić information content (AvgIpc) is 2.74. The number of rotatable bonds is 8. The first kappa shape index (κ1) is 20.9. The fourth-order valence-electron chi connectivity index (χ4n) is 2.60. The van der Waals surface area contributed by atoms with E-state index in [4.69, 9.17) is 9.47 Å². The van der Waals surface area contributed by atoms with Gasteiger partial charge in [0.1, 0.15) is 11.5 Å². The topological polar surface area (TPSA) is 76.7 Å². The van der Waals surface area contributed by atoms with Crippen molar-refractivity contribution in [2.45, 2.75) is 13.8 Å². The molecule has 3 aromatic carbocycles. The molecule has 6 nitrogen and oxygen atoms in total. The van der Waals surface area contributed by atoms with E-state index in [1.54, 1.807) is 24.3 Å². The van der Waals surface area contributed by atoms with E-state index >= 15 is 0 Å². The van der Waals surface area contributed by atoms with Crippen LogP contribution < -0.4 is 20.1 Å². The quantitative estimate of drug-likeness (QED) is 0.586. The number of ether oxygens (including phenoxy) is 2. The zero-order valence-corrected chi connectivity index (χ0v) is 17.0. The van der Waals surface area contributed by atoms with Crippen molar-refractivity contribution in [2.24, 2.45) is 0 Å². The minimum absolute atomic E-state index is 0.0854. The molecule has 154 valence electrons. The lowest BCUT2D eigenvalue weighted by Crippen LogP contribution is -2.21. The smallest absolute Gasteiger partial charge is 0.262 e. The number of hydrogen-bond acceptors (Lipinski definition) is 4. The van der Waals surface area contributed by atoms with Crippen LogP contribution in [0, 0.1) is 13.8 Å². The first-order chi connectivity index (χ1) is 14.5. The molecule has 0 saturated carbocycles. The van der Waals surface area contributed by atoms with Gasteiger partial charge >= 0.3 is 0 Å². The van der Waals surface area contributed by atoms with E-state index in [2.05, 4.69) is 10.6 Å². The Bertz CT molecular complexity index is 899. The Morgan fingerprint density at radius 1 is 0.600 bits per heavy atom. The van der Waals surface area contributed by atoms with E-state index in [0.29, 0.717) is 22.9 Å². The molecule has 0 aliphatic rings. The van der Waals surface area contributed by atoms with Crippen molar-refractivity contribution in [3.05, 3.63) is 83.9 Å². The van der Waals surface area contributed by atoms with Gasteiger partial charge in [-0.3, -0.25) is 9.59 Å². The van der Waals surface area contributed by atoms with Crippen LogP contribution in [0.3, 0.4) is 0 Å². The molecule has 6 heteroatoms. The maximum Gasteiger partial charge on any atom is 0.262 e. The summed E-state index contributed by atoms with van der Waals surface area (Å²) in [5, 5.41) is 5.51. The van der Waals surface area contributed by atoms with E-state index in [0.717, 1.165) is 11.1 Å². The van der Waals surface area contributed by atoms with Gasteiger partial charge in [-0.25, -0.2) is 0 Å². The van der Waals surface area contributed by atoms with E-state index < -0.39 is 0 Å². The molecule has 0 aromatic heterocycles.